The number of pyridine rings is 1. The van der Waals surface area contributed by atoms with Crippen LogP contribution in [-0.4, -0.2) is 15.5 Å². The Morgan fingerprint density at radius 1 is 1.19 bits per heavy atom. The molecule has 0 unspecified atom stereocenters. The first-order chi connectivity index (χ1) is 13.0. The molecule has 2 aromatic carbocycles. The molecule has 1 amide bonds. The van der Waals surface area contributed by atoms with Gasteiger partial charge < -0.3 is 5.32 Å². The van der Waals surface area contributed by atoms with Gasteiger partial charge in [-0.05, 0) is 37.6 Å². The van der Waals surface area contributed by atoms with Crippen molar-refractivity contribution in [1.29, 1.82) is 0 Å². The van der Waals surface area contributed by atoms with Gasteiger partial charge in [0.1, 0.15) is 11.6 Å². The molecule has 0 aliphatic heterocycles. The van der Waals surface area contributed by atoms with E-state index in [-0.39, 0.29) is 24.1 Å². The van der Waals surface area contributed by atoms with Crippen molar-refractivity contribution >= 4 is 38.4 Å². The second-order valence-electron chi connectivity index (χ2n) is 6.58. The van der Waals surface area contributed by atoms with E-state index in [9.17, 15) is 9.59 Å². The molecule has 0 fully saturated rings. The summed E-state index contributed by atoms with van der Waals surface area (Å²) in [5.74, 6) is -0.210. The van der Waals surface area contributed by atoms with Crippen LogP contribution in [0.2, 0.25) is 0 Å². The van der Waals surface area contributed by atoms with Gasteiger partial charge in [-0.1, -0.05) is 30.3 Å². The maximum Gasteiger partial charge on any atom is 0.251 e. The third-order valence-corrected chi connectivity index (χ3v) is 5.80. The minimum absolute atomic E-state index is 0.0190. The molecule has 0 aliphatic carbocycles. The summed E-state index contributed by atoms with van der Waals surface area (Å²) in [5, 5.41) is 4.79. The zero-order valence-corrected chi connectivity index (χ0v) is 15.9. The van der Waals surface area contributed by atoms with Crippen LogP contribution < -0.4 is 10.9 Å². The van der Waals surface area contributed by atoms with E-state index in [1.54, 1.807) is 17.4 Å². The summed E-state index contributed by atoms with van der Waals surface area (Å²) in [5.41, 5.74) is 2.44. The summed E-state index contributed by atoms with van der Waals surface area (Å²) in [6.07, 6.45) is 0. The number of carbonyl (C=O) groups is 1. The van der Waals surface area contributed by atoms with Crippen molar-refractivity contribution in [2.45, 2.75) is 26.4 Å². The first kappa shape index (κ1) is 17.4. The molecule has 4 aromatic rings. The van der Waals surface area contributed by atoms with Crippen molar-refractivity contribution < 1.29 is 4.79 Å². The molecule has 0 aliphatic rings. The number of aryl methyl sites for hydroxylation is 1. The lowest BCUT2D eigenvalue weighted by atomic mass is 10.1. The van der Waals surface area contributed by atoms with Crippen LogP contribution in [0.15, 0.2) is 59.4 Å². The summed E-state index contributed by atoms with van der Waals surface area (Å²) in [4.78, 5) is 29.6. The summed E-state index contributed by atoms with van der Waals surface area (Å²) in [7, 11) is 0. The lowest BCUT2D eigenvalue weighted by Gasteiger charge is -2.14. The van der Waals surface area contributed by atoms with Crippen LogP contribution in [0.3, 0.4) is 0 Å². The first-order valence-electron chi connectivity index (χ1n) is 8.77. The van der Waals surface area contributed by atoms with E-state index in [1.165, 1.54) is 4.57 Å². The van der Waals surface area contributed by atoms with Crippen LogP contribution in [0, 0.1) is 6.92 Å². The minimum atomic E-state index is -0.220. The quantitative estimate of drug-likeness (QED) is 0.588. The molecule has 0 saturated carbocycles. The standard InChI is InChI=1S/C21H19N3O2S/c1-13-11-20(26)24(17-9-5-3-7-15(13)17)12-19(25)22-14(2)21-23-16-8-4-6-10-18(16)27-21/h3-11,14H,12H2,1-2H3,(H,22,25)/t14-/m0/s1. The Hall–Kier alpha value is -2.99. The summed E-state index contributed by atoms with van der Waals surface area (Å²) in [6, 6.07) is 16.9. The van der Waals surface area contributed by atoms with Crippen LogP contribution in [0.5, 0.6) is 0 Å². The van der Waals surface area contributed by atoms with Gasteiger partial charge in [-0.2, -0.15) is 0 Å². The Labute approximate surface area is 160 Å². The normalized spacial score (nSPS) is 12.4. The number of aromatic nitrogens is 2. The number of benzene rings is 2. The van der Waals surface area contributed by atoms with Gasteiger partial charge in [-0.15, -0.1) is 11.3 Å². The van der Waals surface area contributed by atoms with Crippen LogP contribution >= 0.6 is 11.3 Å². The van der Waals surface area contributed by atoms with E-state index in [4.69, 9.17) is 0 Å². The lowest BCUT2D eigenvalue weighted by molar-refractivity contribution is -0.122. The fourth-order valence-electron chi connectivity index (χ4n) is 3.23. The van der Waals surface area contributed by atoms with Gasteiger partial charge in [0.05, 0.1) is 21.8 Å². The molecule has 2 heterocycles. The molecule has 0 radical (unpaired) electrons. The van der Waals surface area contributed by atoms with E-state index in [2.05, 4.69) is 10.3 Å². The third-order valence-electron chi connectivity index (χ3n) is 4.59. The monoisotopic (exact) mass is 377 g/mol. The van der Waals surface area contributed by atoms with Gasteiger partial charge in [0.2, 0.25) is 5.91 Å². The third kappa shape index (κ3) is 3.36. The Balaban J connectivity index is 1.58. The topological polar surface area (TPSA) is 64.0 Å². The number of amides is 1. The van der Waals surface area contributed by atoms with Crippen molar-refractivity contribution in [3.8, 4) is 0 Å². The molecule has 0 saturated heterocycles. The molecule has 2 aromatic heterocycles. The molecule has 4 rings (SSSR count). The van der Waals surface area contributed by atoms with Crippen molar-refractivity contribution in [2.75, 3.05) is 0 Å². The van der Waals surface area contributed by atoms with Gasteiger partial charge in [-0.3, -0.25) is 14.2 Å². The van der Waals surface area contributed by atoms with Crippen LogP contribution in [0.25, 0.3) is 21.1 Å². The predicted molar refractivity (Wildman–Crippen MR) is 109 cm³/mol. The SMILES string of the molecule is Cc1cc(=O)n(CC(=O)N[C@@H](C)c2nc3ccccc3s2)c2ccccc12. The number of para-hydroxylation sites is 2. The van der Waals surface area contributed by atoms with Gasteiger partial charge >= 0.3 is 0 Å². The van der Waals surface area contributed by atoms with E-state index >= 15 is 0 Å². The predicted octanol–water partition coefficient (Wildman–Crippen LogP) is 3.80. The number of nitrogens with zero attached hydrogens (tertiary/aromatic N) is 2. The van der Waals surface area contributed by atoms with Crippen molar-refractivity contribution in [2.24, 2.45) is 0 Å². The fourth-order valence-corrected chi connectivity index (χ4v) is 4.20. The number of hydrogen-bond donors (Lipinski definition) is 1. The fraction of sp³-hybridized carbons (Fsp3) is 0.190. The van der Waals surface area contributed by atoms with Crippen LogP contribution in [-0.2, 0) is 11.3 Å². The summed E-state index contributed by atoms with van der Waals surface area (Å²) < 4.78 is 2.61. The molecular weight excluding hydrogens is 358 g/mol. The lowest BCUT2D eigenvalue weighted by Crippen LogP contribution is -2.34. The summed E-state index contributed by atoms with van der Waals surface area (Å²) >= 11 is 1.57. The van der Waals surface area contributed by atoms with E-state index < -0.39 is 0 Å². The van der Waals surface area contributed by atoms with Gasteiger partial charge in [0.15, 0.2) is 0 Å². The Bertz CT molecular complexity index is 1180. The molecule has 1 N–H and O–H groups in total. The number of nitrogens with one attached hydrogen (secondary N) is 1. The Morgan fingerprint density at radius 3 is 2.74 bits per heavy atom. The van der Waals surface area contributed by atoms with Crippen LogP contribution in [0.1, 0.15) is 23.5 Å². The van der Waals surface area contributed by atoms with Gasteiger partial charge in [-0.25, -0.2) is 4.98 Å². The number of carbonyl (C=O) groups excluding carboxylic acids is 1. The van der Waals surface area contributed by atoms with Crippen molar-refractivity contribution in [3.63, 3.8) is 0 Å². The van der Waals surface area contributed by atoms with Crippen molar-refractivity contribution in [1.82, 2.24) is 14.9 Å². The average molecular weight is 377 g/mol. The maximum absolute atomic E-state index is 12.6. The number of hydrogen-bond acceptors (Lipinski definition) is 4. The zero-order valence-electron chi connectivity index (χ0n) is 15.1. The molecule has 5 nitrogen and oxygen atoms in total. The Kier molecular flexibility index (Phi) is 4.49. The molecular formula is C21H19N3O2S. The van der Waals surface area contributed by atoms with E-state index in [0.29, 0.717) is 0 Å². The minimum Gasteiger partial charge on any atom is -0.346 e. The van der Waals surface area contributed by atoms with Gasteiger partial charge in [0.25, 0.3) is 5.56 Å². The largest absolute Gasteiger partial charge is 0.346 e. The molecule has 1 atom stereocenters. The highest BCUT2D eigenvalue weighted by atomic mass is 32.1. The molecule has 136 valence electrons. The van der Waals surface area contributed by atoms with E-state index in [1.807, 2.05) is 62.4 Å². The average Bonchev–Trinajstić information content (AvgIpc) is 3.09. The highest BCUT2D eigenvalue weighted by Gasteiger charge is 2.16. The maximum atomic E-state index is 12.6. The van der Waals surface area contributed by atoms with Crippen molar-refractivity contribution in [3.05, 3.63) is 75.5 Å². The number of rotatable bonds is 4. The van der Waals surface area contributed by atoms with E-state index in [0.717, 1.165) is 31.7 Å². The molecule has 27 heavy (non-hydrogen) atoms. The van der Waals surface area contributed by atoms with Gasteiger partial charge in [0, 0.05) is 11.5 Å². The number of thiazole rings is 1. The van der Waals surface area contributed by atoms with Crippen LogP contribution in [0.4, 0.5) is 0 Å². The second-order valence-corrected chi connectivity index (χ2v) is 7.64. The highest BCUT2D eigenvalue weighted by molar-refractivity contribution is 7.18. The smallest absolute Gasteiger partial charge is 0.251 e. The molecule has 6 heteroatoms. The zero-order chi connectivity index (χ0) is 19.0. The first-order valence-corrected chi connectivity index (χ1v) is 9.58. The Morgan fingerprint density at radius 2 is 1.93 bits per heavy atom. The summed E-state index contributed by atoms with van der Waals surface area (Å²) in [6.45, 7) is 3.80. The highest BCUT2D eigenvalue weighted by Crippen LogP contribution is 2.26. The molecule has 0 spiro atoms. The number of fused-ring (bicyclic) bond motifs is 2. The second kappa shape index (κ2) is 6.96. The molecule has 0 bridgehead atoms.